The summed E-state index contributed by atoms with van der Waals surface area (Å²) >= 11 is 0.898. The lowest BCUT2D eigenvalue weighted by Crippen LogP contribution is -2.49. The largest absolute Gasteiger partial charge is 0.343 e. The van der Waals surface area contributed by atoms with E-state index < -0.39 is 29.5 Å². The van der Waals surface area contributed by atoms with Crippen LogP contribution in [0.15, 0.2) is 0 Å². The molecule has 2 unspecified atom stereocenters. The van der Waals surface area contributed by atoms with Crippen LogP contribution in [0.4, 0.5) is 8.78 Å². The minimum Gasteiger partial charge on any atom is -0.343 e. The quantitative estimate of drug-likeness (QED) is 0.336. The summed E-state index contributed by atoms with van der Waals surface area (Å²) in [6.45, 7) is 0. The van der Waals surface area contributed by atoms with Gasteiger partial charge in [0.1, 0.15) is 6.04 Å². The summed E-state index contributed by atoms with van der Waals surface area (Å²) < 4.78 is 24.7. The van der Waals surface area contributed by atoms with E-state index in [9.17, 15) is 18.4 Å². The van der Waals surface area contributed by atoms with Crippen molar-refractivity contribution in [2.75, 3.05) is 5.75 Å². The fourth-order valence-electron chi connectivity index (χ4n) is 1.16. The monoisotopic (exact) mass is 239 g/mol. The summed E-state index contributed by atoms with van der Waals surface area (Å²) in [4.78, 5) is 22.2. The number of alkyl halides is 2. The van der Waals surface area contributed by atoms with Gasteiger partial charge in [-0.05, 0) is 0 Å². The van der Waals surface area contributed by atoms with E-state index in [0.29, 0.717) is 0 Å². The Morgan fingerprint density at radius 3 is 2.87 bits per heavy atom. The number of nitrogens with one attached hydrogen (secondary N) is 2. The molecule has 1 saturated heterocycles. The summed E-state index contributed by atoms with van der Waals surface area (Å²) in [6, 6.07) is -0.837. The van der Waals surface area contributed by atoms with Crippen LogP contribution < -0.4 is 16.6 Å². The van der Waals surface area contributed by atoms with Crippen molar-refractivity contribution in [2.45, 2.75) is 24.1 Å². The number of hydrogen-bond acceptors (Lipinski definition) is 4. The summed E-state index contributed by atoms with van der Waals surface area (Å²) in [7, 11) is 0. The van der Waals surface area contributed by atoms with E-state index in [2.05, 4.69) is 5.32 Å². The summed E-state index contributed by atoms with van der Waals surface area (Å²) in [5, 5.41) is 1.27. The average Bonchev–Trinajstić information content (AvgIpc) is 2.38. The highest BCUT2D eigenvalue weighted by atomic mass is 32.2. The van der Waals surface area contributed by atoms with Crippen LogP contribution in [0.25, 0.3) is 0 Å². The van der Waals surface area contributed by atoms with Crippen LogP contribution in [-0.2, 0) is 9.59 Å². The maximum absolute atomic E-state index is 12.4. The Kier molecular flexibility index (Phi) is 4.28. The maximum Gasteiger partial charge on any atom is 0.257 e. The van der Waals surface area contributed by atoms with Gasteiger partial charge in [-0.25, -0.2) is 14.6 Å². The lowest BCUT2D eigenvalue weighted by atomic mass is 10.2. The Hall–Kier alpha value is -0.890. The van der Waals surface area contributed by atoms with Gasteiger partial charge in [0.2, 0.25) is 5.91 Å². The smallest absolute Gasteiger partial charge is 0.257 e. The van der Waals surface area contributed by atoms with Crippen LogP contribution in [-0.4, -0.2) is 35.3 Å². The van der Waals surface area contributed by atoms with Gasteiger partial charge in [-0.15, -0.1) is 11.8 Å². The third-order valence-corrected chi connectivity index (χ3v) is 3.26. The molecule has 0 aromatic carbocycles. The van der Waals surface area contributed by atoms with Crippen LogP contribution in [0.3, 0.4) is 0 Å². The lowest BCUT2D eigenvalue weighted by molar-refractivity contribution is -0.128. The van der Waals surface area contributed by atoms with E-state index in [1.807, 2.05) is 5.43 Å². The minimum atomic E-state index is -2.57. The molecule has 0 saturated carbocycles. The Labute approximate surface area is 89.1 Å². The Bertz CT molecular complexity index is 265. The van der Waals surface area contributed by atoms with E-state index in [-0.39, 0.29) is 12.2 Å². The van der Waals surface area contributed by atoms with Gasteiger partial charge in [0, 0.05) is 12.2 Å². The third-order valence-electron chi connectivity index (χ3n) is 1.94. The number of carbonyl (C=O) groups excluding carboxylic acids is 2. The molecule has 1 aliphatic rings. The van der Waals surface area contributed by atoms with E-state index in [1.165, 1.54) is 0 Å². The molecule has 4 N–H and O–H groups in total. The SMILES string of the molecule is NNC(=O)C1CSC(C(F)F)CC(=O)N1. The number of hydrazine groups is 1. The van der Waals surface area contributed by atoms with Crippen LogP contribution in [0, 0.1) is 0 Å². The van der Waals surface area contributed by atoms with Crippen molar-refractivity contribution in [3.05, 3.63) is 0 Å². The van der Waals surface area contributed by atoms with Crippen LogP contribution in [0.1, 0.15) is 6.42 Å². The molecule has 1 rings (SSSR count). The molecular formula is C7H11F2N3O2S. The molecule has 8 heteroatoms. The summed E-state index contributed by atoms with van der Waals surface area (Å²) in [6.07, 6.45) is -2.85. The van der Waals surface area contributed by atoms with Crippen molar-refractivity contribution >= 4 is 23.6 Å². The molecule has 0 aromatic heterocycles. The fourth-order valence-corrected chi connectivity index (χ4v) is 2.25. The van der Waals surface area contributed by atoms with Gasteiger partial charge in [0.15, 0.2) is 0 Å². The zero-order valence-corrected chi connectivity index (χ0v) is 8.52. The van der Waals surface area contributed by atoms with Gasteiger partial charge in [0.05, 0.1) is 5.25 Å². The maximum atomic E-state index is 12.4. The molecule has 2 atom stereocenters. The van der Waals surface area contributed by atoms with Crippen molar-refractivity contribution in [3.8, 4) is 0 Å². The van der Waals surface area contributed by atoms with Crippen molar-refractivity contribution in [2.24, 2.45) is 5.84 Å². The molecule has 0 aromatic rings. The first-order valence-corrected chi connectivity index (χ1v) is 5.29. The molecular weight excluding hydrogens is 228 g/mol. The van der Waals surface area contributed by atoms with Crippen molar-refractivity contribution in [1.29, 1.82) is 0 Å². The van der Waals surface area contributed by atoms with Gasteiger partial charge in [-0.2, -0.15) is 0 Å². The second-order valence-corrected chi connectivity index (χ2v) is 4.31. The van der Waals surface area contributed by atoms with E-state index in [1.54, 1.807) is 0 Å². The second-order valence-electron chi connectivity index (χ2n) is 3.04. The molecule has 1 fully saturated rings. The molecule has 15 heavy (non-hydrogen) atoms. The number of amides is 2. The number of carbonyl (C=O) groups is 2. The number of halogens is 2. The van der Waals surface area contributed by atoms with Gasteiger partial charge >= 0.3 is 0 Å². The molecule has 2 amide bonds. The van der Waals surface area contributed by atoms with Gasteiger partial charge in [-0.3, -0.25) is 15.0 Å². The second kappa shape index (κ2) is 5.26. The third kappa shape index (κ3) is 3.31. The van der Waals surface area contributed by atoms with Gasteiger partial charge < -0.3 is 5.32 Å². The molecule has 0 radical (unpaired) electrons. The molecule has 1 aliphatic heterocycles. The Balaban J connectivity index is 2.62. The average molecular weight is 239 g/mol. The fraction of sp³-hybridized carbons (Fsp3) is 0.714. The zero-order valence-electron chi connectivity index (χ0n) is 7.70. The molecule has 0 aliphatic carbocycles. The predicted octanol–water partition coefficient (Wildman–Crippen LogP) is -0.768. The summed E-state index contributed by atoms with van der Waals surface area (Å²) in [5.74, 6) is 3.85. The first-order chi connectivity index (χ1) is 7.04. The molecule has 0 bridgehead atoms. The Morgan fingerprint density at radius 2 is 2.33 bits per heavy atom. The molecule has 1 heterocycles. The molecule has 86 valence electrons. The van der Waals surface area contributed by atoms with Crippen molar-refractivity contribution in [3.63, 3.8) is 0 Å². The van der Waals surface area contributed by atoms with E-state index in [4.69, 9.17) is 5.84 Å². The highest BCUT2D eigenvalue weighted by molar-refractivity contribution is 8.00. The normalized spacial score (nSPS) is 27.1. The standard InChI is InChI=1S/C7H11F2N3O2S/c8-6(9)4-1-5(13)11-3(2-15-4)7(14)12-10/h3-4,6H,1-2,10H2,(H,11,13)(H,12,14). The van der Waals surface area contributed by atoms with E-state index >= 15 is 0 Å². The van der Waals surface area contributed by atoms with E-state index in [0.717, 1.165) is 11.8 Å². The zero-order chi connectivity index (χ0) is 11.4. The van der Waals surface area contributed by atoms with Crippen molar-refractivity contribution < 1.29 is 18.4 Å². The summed E-state index contributed by atoms with van der Waals surface area (Å²) in [5.41, 5.74) is 1.87. The Morgan fingerprint density at radius 1 is 1.67 bits per heavy atom. The van der Waals surface area contributed by atoms with Crippen LogP contribution in [0.5, 0.6) is 0 Å². The highest BCUT2D eigenvalue weighted by Gasteiger charge is 2.32. The molecule has 5 nitrogen and oxygen atoms in total. The van der Waals surface area contributed by atoms with Crippen molar-refractivity contribution in [1.82, 2.24) is 10.7 Å². The number of thioether (sulfide) groups is 1. The van der Waals surface area contributed by atoms with Gasteiger partial charge in [-0.1, -0.05) is 0 Å². The van der Waals surface area contributed by atoms with Crippen LogP contribution >= 0.6 is 11.8 Å². The number of hydrogen-bond donors (Lipinski definition) is 3. The first-order valence-electron chi connectivity index (χ1n) is 4.24. The topological polar surface area (TPSA) is 84.2 Å². The lowest BCUT2D eigenvalue weighted by Gasteiger charge is -2.12. The number of rotatable bonds is 2. The molecule has 0 spiro atoms. The predicted molar refractivity (Wildman–Crippen MR) is 51.1 cm³/mol. The van der Waals surface area contributed by atoms with Crippen LogP contribution in [0.2, 0.25) is 0 Å². The first kappa shape index (κ1) is 12.2. The van der Waals surface area contributed by atoms with Gasteiger partial charge in [0.25, 0.3) is 12.3 Å². The highest BCUT2D eigenvalue weighted by Crippen LogP contribution is 2.24. The minimum absolute atomic E-state index is 0.101. The number of nitrogens with two attached hydrogens (primary N) is 1.